The van der Waals surface area contributed by atoms with E-state index in [-0.39, 0.29) is 5.91 Å². The van der Waals surface area contributed by atoms with Crippen LogP contribution in [0.5, 0.6) is 0 Å². The number of benzene rings is 1. The average Bonchev–Trinajstić information content (AvgIpc) is 3.08. The summed E-state index contributed by atoms with van der Waals surface area (Å²) in [5.74, 6) is -0.217. The zero-order chi connectivity index (χ0) is 17.4. The quantitative estimate of drug-likeness (QED) is 0.573. The van der Waals surface area contributed by atoms with Crippen LogP contribution in [0.1, 0.15) is 20.8 Å². The largest absolute Gasteiger partial charge is 0.422 e. The van der Waals surface area contributed by atoms with Crippen molar-refractivity contribution in [3.05, 3.63) is 75.2 Å². The van der Waals surface area contributed by atoms with Gasteiger partial charge in [-0.25, -0.2) is 4.79 Å². The summed E-state index contributed by atoms with van der Waals surface area (Å²) in [4.78, 5) is 29.1. The molecule has 3 heterocycles. The van der Waals surface area contributed by atoms with Gasteiger partial charge in [0.2, 0.25) is 0 Å². The van der Waals surface area contributed by atoms with E-state index in [4.69, 9.17) is 4.42 Å². The second kappa shape index (κ2) is 6.14. The number of carbonyl (C=O) groups is 1. The molecule has 4 aromatic rings. The van der Waals surface area contributed by atoms with Gasteiger partial charge in [-0.2, -0.15) is 0 Å². The number of carbonyl (C=O) groups excluding carboxylic acids is 1. The van der Waals surface area contributed by atoms with Gasteiger partial charge in [0, 0.05) is 24.3 Å². The summed E-state index contributed by atoms with van der Waals surface area (Å²) in [6, 6.07) is 11.0. The number of hydrogen-bond donors (Lipinski definition) is 1. The number of nitrogens with one attached hydrogen (secondary N) is 1. The molecule has 0 aliphatic rings. The fraction of sp³-hybridized carbons (Fsp3) is 0.105. The summed E-state index contributed by atoms with van der Waals surface area (Å²) < 4.78 is 6.14. The van der Waals surface area contributed by atoms with E-state index in [9.17, 15) is 9.59 Å². The van der Waals surface area contributed by atoms with Gasteiger partial charge < -0.3 is 9.73 Å². The lowest BCUT2D eigenvalue weighted by atomic mass is 10.1. The van der Waals surface area contributed by atoms with E-state index in [1.807, 2.05) is 31.2 Å². The maximum atomic E-state index is 12.4. The molecule has 0 unspecified atom stereocenters. The molecule has 4 rings (SSSR count). The van der Waals surface area contributed by atoms with E-state index in [2.05, 4.69) is 10.3 Å². The normalized spacial score (nSPS) is 11.1. The molecule has 124 valence electrons. The van der Waals surface area contributed by atoms with Crippen LogP contribution in [0.4, 0.5) is 0 Å². The van der Waals surface area contributed by atoms with Crippen molar-refractivity contribution in [1.29, 1.82) is 0 Å². The predicted octanol–water partition coefficient (Wildman–Crippen LogP) is 3.64. The molecular formula is C19H14N2O3S. The molecule has 3 aromatic heterocycles. The minimum absolute atomic E-state index is 0.217. The van der Waals surface area contributed by atoms with Crippen molar-refractivity contribution in [3.8, 4) is 0 Å². The molecule has 1 aromatic carbocycles. The molecule has 25 heavy (non-hydrogen) atoms. The highest BCUT2D eigenvalue weighted by Gasteiger charge is 2.16. The van der Waals surface area contributed by atoms with Crippen LogP contribution < -0.4 is 10.9 Å². The third-order valence-electron chi connectivity index (χ3n) is 3.93. The first kappa shape index (κ1) is 15.5. The molecule has 1 N–H and O–H groups in total. The number of nitrogens with zero attached hydrogens (tertiary/aromatic N) is 1. The second-order valence-electron chi connectivity index (χ2n) is 5.79. The zero-order valence-corrected chi connectivity index (χ0v) is 14.2. The zero-order valence-electron chi connectivity index (χ0n) is 13.4. The van der Waals surface area contributed by atoms with E-state index in [1.165, 1.54) is 11.3 Å². The van der Waals surface area contributed by atoms with Crippen LogP contribution in [0.2, 0.25) is 0 Å². The average molecular weight is 350 g/mol. The van der Waals surface area contributed by atoms with E-state index in [1.54, 1.807) is 24.5 Å². The van der Waals surface area contributed by atoms with Crippen LogP contribution in [0, 0.1) is 6.92 Å². The molecule has 5 nitrogen and oxygen atoms in total. The fourth-order valence-electron chi connectivity index (χ4n) is 2.69. The molecule has 0 saturated heterocycles. The van der Waals surface area contributed by atoms with E-state index in [0.29, 0.717) is 22.4 Å². The number of aromatic nitrogens is 1. The molecule has 0 saturated carbocycles. The minimum atomic E-state index is -0.422. The molecule has 6 heteroatoms. The van der Waals surface area contributed by atoms with Gasteiger partial charge in [0.05, 0.1) is 15.0 Å². The van der Waals surface area contributed by atoms with Crippen LogP contribution in [0.3, 0.4) is 0 Å². The summed E-state index contributed by atoms with van der Waals surface area (Å²) in [6.45, 7) is 2.36. The third kappa shape index (κ3) is 2.92. The Kier molecular flexibility index (Phi) is 3.82. The maximum absolute atomic E-state index is 12.4. The van der Waals surface area contributed by atoms with Crippen molar-refractivity contribution >= 4 is 38.3 Å². The molecule has 0 aliphatic heterocycles. The number of fused-ring (bicyclic) bond motifs is 3. The van der Waals surface area contributed by atoms with Crippen molar-refractivity contribution in [3.63, 3.8) is 0 Å². The van der Waals surface area contributed by atoms with E-state index >= 15 is 0 Å². The minimum Gasteiger partial charge on any atom is -0.422 e. The number of rotatable bonds is 3. The number of hydrogen-bond acceptors (Lipinski definition) is 5. The van der Waals surface area contributed by atoms with Crippen LogP contribution >= 0.6 is 11.3 Å². The van der Waals surface area contributed by atoms with Crippen LogP contribution in [-0.2, 0) is 6.54 Å². The molecule has 0 spiro atoms. The fourth-order valence-corrected chi connectivity index (χ4v) is 3.78. The van der Waals surface area contributed by atoms with Gasteiger partial charge in [0.15, 0.2) is 0 Å². The lowest BCUT2D eigenvalue weighted by Crippen LogP contribution is -2.21. The first-order valence-electron chi connectivity index (χ1n) is 7.76. The van der Waals surface area contributed by atoms with Crippen molar-refractivity contribution in [2.24, 2.45) is 0 Å². The van der Waals surface area contributed by atoms with E-state index < -0.39 is 5.63 Å². The van der Waals surface area contributed by atoms with Crippen LogP contribution in [0.15, 0.2) is 58.0 Å². The Morgan fingerprint density at radius 1 is 1.24 bits per heavy atom. The molecule has 0 bridgehead atoms. The van der Waals surface area contributed by atoms with Gasteiger partial charge in [-0.15, -0.1) is 11.3 Å². The lowest BCUT2D eigenvalue weighted by Gasteiger charge is -2.02. The number of pyridine rings is 1. The van der Waals surface area contributed by atoms with Gasteiger partial charge in [0.1, 0.15) is 5.58 Å². The van der Waals surface area contributed by atoms with E-state index in [0.717, 1.165) is 21.2 Å². The Labute approximate surface area is 146 Å². The summed E-state index contributed by atoms with van der Waals surface area (Å²) in [7, 11) is 0. The third-order valence-corrected chi connectivity index (χ3v) is 5.10. The monoisotopic (exact) mass is 350 g/mol. The summed E-state index contributed by atoms with van der Waals surface area (Å²) in [5.41, 5.74) is 2.09. The van der Waals surface area contributed by atoms with Crippen LogP contribution in [0.25, 0.3) is 21.1 Å². The van der Waals surface area contributed by atoms with Gasteiger partial charge >= 0.3 is 5.63 Å². The molecule has 0 radical (unpaired) electrons. The number of amides is 1. The topological polar surface area (TPSA) is 72.2 Å². The van der Waals surface area contributed by atoms with Crippen molar-refractivity contribution in [2.75, 3.05) is 0 Å². The Morgan fingerprint density at radius 3 is 2.92 bits per heavy atom. The second-order valence-corrected chi connectivity index (χ2v) is 6.84. The summed E-state index contributed by atoms with van der Waals surface area (Å²) in [6.07, 6.45) is 3.39. The SMILES string of the molecule is Cc1ccc2oc(=O)c3cc(C(=O)NCc4cccnc4)sc3c2c1. The van der Waals surface area contributed by atoms with Crippen molar-refractivity contribution < 1.29 is 9.21 Å². The smallest absolute Gasteiger partial charge is 0.345 e. The Hall–Kier alpha value is -2.99. The van der Waals surface area contributed by atoms with Crippen molar-refractivity contribution in [1.82, 2.24) is 10.3 Å². The summed E-state index contributed by atoms with van der Waals surface area (Å²) in [5, 5.41) is 4.15. The summed E-state index contributed by atoms with van der Waals surface area (Å²) >= 11 is 1.31. The Balaban J connectivity index is 1.72. The predicted molar refractivity (Wildman–Crippen MR) is 98.0 cm³/mol. The van der Waals surface area contributed by atoms with Gasteiger partial charge in [0.25, 0.3) is 5.91 Å². The van der Waals surface area contributed by atoms with Gasteiger partial charge in [-0.1, -0.05) is 17.7 Å². The van der Waals surface area contributed by atoms with Gasteiger partial charge in [-0.3, -0.25) is 9.78 Å². The molecule has 1 amide bonds. The van der Waals surface area contributed by atoms with Crippen LogP contribution in [-0.4, -0.2) is 10.9 Å². The standard InChI is InChI=1S/C19H14N2O3S/c1-11-4-5-15-13(7-11)17-14(19(23)24-15)8-16(25-17)18(22)21-10-12-3-2-6-20-9-12/h2-9H,10H2,1H3,(H,21,22). The highest BCUT2D eigenvalue weighted by molar-refractivity contribution is 7.21. The molecule has 0 atom stereocenters. The molecule has 0 aliphatic carbocycles. The Morgan fingerprint density at radius 2 is 2.12 bits per heavy atom. The number of thiophene rings is 1. The Bertz CT molecular complexity index is 1150. The highest BCUT2D eigenvalue weighted by atomic mass is 32.1. The van der Waals surface area contributed by atoms with Gasteiger partial charge in [-0.05, 0) is 36.8 Å². The first-order chi connectivity index (χ1) is 12.1. The number of aryl methyl sites for hydroxylation is 1. The first-order valence-corrected chi connectivity index (χ1v) is 8.57. The molecular weight excluding hydrogens is 336 g/mol. The van der Waals surface area contributed by atoms with Crippen molar-refractivity contribution in [2.45, 2.75) is 13.5 Å². The molecule has 0 fully saturated rings. The lowest BCUT2D eigenvalue weighted by molar-refractivity contribution is 0.0955. The highest BCUT2D eigenvalue weighted by Crippen LogP contribution is 2.31. The maximum Gasteiger partial charge on any atom is 0.345 e.